The molecule has 0 aromatic carbocycles. The quantitative estimate of drug-likeness (QED) is 0.857. The SMILES string of the molecule is CC[C@@H]1N(Cc2cccnc2)CCC[C@]12CCC(=O)N2C. The molecule has 2 aliphatic heterocycles. The van der Waals surface area contributed by atoms with E-state index < -0.39 is 0 Å². The molecule has 2 saturated heterocycles. The van der Waals surface area contributed by atoms with Crippen molar-refractivity contribution in [3.63, 3.8) is 0 Å². The summed E-state index contributed by atoms with van der Waals surface area (Å²) < 4.78 is 0. The van der Waals surface area contributed by atoms with Gasteiger partial charge in [-0.05, 0) is 43.9 Å². The van der Waals surface area contributed by atoms with E-state index in [1.807, 2.05) is 25.5 Å². The van der Waals surface area contributed by atoms with Crippen LogP contribution in [0.15, 0.2) is 24.5 Å². The highest BCUT2D eigenvalue weighted by molar-refractivity contribution is 5.79. The van der Waals surface area contributed by atoms with Crippen LogP contribution in [-0.4, -0.2) is 45.9 Å². The van der Waals surface area contributed by atoms with Gasteiger partial charge in [0, 0.05) is 38.4 Å². The molecule has 0 unspecified atom stereocenters. The van der Waals surface area contributed by atoms with Gasteiger partial charge in [0.1, 0.15) is 0 Å². The van der Waals surface area contributed by atoms with Crippen molar-refractivity contribution in [1.29, 1.82) is 0 Å². The number of hydrogen-bond acceptors (Lipinski definition) is 3. The summed E-state index contributed by atoms with van der Waals surface area (Å²) in [6, 6.07) is 4.61. The van der Waals surface area contributed by atoms with Crippen molar-refractivity contribution in [2.75, 3.05) is 13.6 Å². The van der Waals surface area contributed by atoms with Crippen molar-refractivity contribution in [3.8, 4) is 0 Å². The standard InChI is InChI=1S/C17H25N3O/c1-3-15-17(9-7-16(21)19(17)2)8-5-11-20(15)13-14-6-4-10-18-12-14/h4,6,10,12,15H,3,5,7-9,11,13H2,1-2H3/t15-,17-/m0/s1. The third-order valence-corrected chi connectivity index (χ3v) is 5.43. The Morgan fingerprint density at radius 2 is 2.29 bits per heavy atom. The highest BCUT2D eigenvalue weighted by atomic mass is 16.2. The molecular formula is C17H25N3O. The van der Waals surface area contributed by atoms with Gasteiger partial charge in [0.25, 0.3) is 0 Å². The number of rotatable bonds is 3. The molecule has 0 N–H and O–H groups in total. The molecule has 4 nitrogen and oxygen atoms in total. The average Bonchev–Trinajstić information content (AvgIpc) is 2.78. The number of pyridine rings is 1. The number of amides is 1. The Labute approximate surface area is 127 Å². The largest absolute Gasteiger partial charge is 0.338 e. The van der Waals surface area contributed by atoms with Crippen molar-refractivity contribution in [3.05, 3.63) is 30.1 Å². The molecule has 2 fully saturated rings. The molecule has 0 radical (unpaired) electrons. The second-order valence-corrected chi connectivity index (χ2v) is 6.42. The zero-order valence-electron chi connectivity index (χ0n) is 13.1. The minimum Gasteiger partial charge on any atom is -0.338 e. The third kappa shape index (κ3) is 2.46. The van der Waals surface area contributed by atoms with Gasteiger partial charge in [0.15, 0.2) is 0 Å². The van der Waals surface area contributed by atoms with Crippen LogP contribution in [0, 0.1) is 0 Å². The number of carbonyl (C=O) groups excluding carboxylic acids is 1. The summed E-state index contributed by atoms with van der Waals surface area (Å²) in [7, 11) is 2.01. The Bertz CT molecular complexity index is 504. The molecule has 3 rings (SSSR count). The van der Waals surface area contributed by atoms with Crippen LogP contribution < -0.4 is 0 Å². The third-order valence-electron chi connectivity index (χ3n) is 5.43. The van der Waals surface area contributed by atoms with E-state index >= 15 is 0 Å². The molecule has 3 heterocycles. The van der Waals surface area contributed by atoms with Gasteiger partial charge in [-0.2, -0.15) is 0 Å². The second kappa shape index (κ2) is 5.76. The number of nitrogens with zero attached hydrogens (tertiary/aromatic N) is 3. The van der Waals surface area contributed by atoms with Crippen molar-refractivity contribution in [2.24, 2.45) is 0 Å². The Balaban J connectivity index is 1.83. The van der Waals surface area contributed by atoms with E-state index in [1.54, 1.807) is 0 Å². The second-order valence-electron chi connectivity index (χ2n) is 6.42. The lowest BCUT2D eigenvalue weighted by Gasteiger charge is -2.51. The van der Waals surface area contributed by atoms with E-state index in [0.29, 0.717) is 18.4 Å². The molecule has 1 spiro atoms. The first-order chi connectivity index (χ1) is 10.2. The fraction of sp³-hybridized carbons (Fsp3) is 0.647. The number of piperidine rings is 1. The number of likely N-dealkylation sites (tertiary alicyclic amines) is 2. The Hall–Kier alpha value is -1.42. The monoisotopic (exact) mass is 287 g/mol. The molecule has 114 valence electrons. The minimum atomic E-state index is 0.0618. The number of likely N-dealkylation sites (N-methyl/N-ethyl adjacent to an activating group) is 1. The maximum absolute atomic E-state index is 12.1. The normalized spacial score (nSPS) is 30.3. The van der Waals surface area contributed by atoms with Crippen LogP contribution >= 0.6 is 0 Å². The van der Waals surface area contributed by atoms with E-state index in [9.17, 15) is 4.79 Å². The van der Waals surface area contributed by atoms with Gasteiger partial charge in [-0.1, -0.05) is 13.0 Å². The molecule has 2 aliphatic rings. The van der Waals surface area contributed by atoms with Crippen LogP contribution in [-0.2, 0) is 11.3 Å². The van der Waals surface area contributed by atoms with Gasteiger partial charge in [-0.3, -0.25) is 14.7 Å². The molecule has 1 aromatic heterocycles. The minimum absolute atomic E-state index is 0.0618. The first kappa shape index (κ1) is 14.5. The van der Waals surface area contributed by atoms with E-state index in [4.69, 9.17) is 0 Å². The van der Waals surface area contributed by atoms with Crippen LogP contribution in [0.5, 0.6) is 0 Å². The summed E-state index contributed by atoms with van der Waals surface area (Å²) in [5.41, 5.74) is 1.33. The number of carbonyl (C=O) groups is 1. The molecule has 0 bridgehead atoms. The van der Waals surface area contributed by atoms with Crippen molar-refractivity contribution < 1.29 is 4.79 Å². The molecule has 2 atom stereocenters. The molecular weight excluding hydrogens is 262 g/mol. The van der Waals surface area contributed by atoms with Gasteiger partial charge in [-0.15, -0.1) is 0 Å². The van der Waals surface area contributed by atoms with Gasteiger partial charge in [0.2, 0.25) is 5.91 Å². The maximum atomic E-state index is 12.1. The van der Waals surface area contributed by atoms with E-state index in [-0.39, 0.29) is 5.54 Å². The fourth-order valence-corrected chi connectivity index (χ4v) is 4.39. The van der Waals surface area contributed by atoms with Gasteiger partial charge in [-0.25, -0.2) is 0 Å². The van der Waals surface area contributed by atoms with Crippen LogP contribution in [0.25, 0.3) is 0 Å². The van der Waals surface area contributed by atoms with Gasteiger partial charge < -0.3 is 4.90 Å². The van der Waals surface area contributed by atoms with Crippen molar-refractivity contribution in [1.82, 2.24) is 14.8 Å². The lowest BCUT2D eigenvalue weighted by Crippen LogP contribution is -2.61. The van der Waals surface area contributed by atoms with Crippen LogP contribution in [0.4, 0.5) is 0 Å². The highest BCUT2D eigenvalue weighted by Crippen LogP contribution is 2.42. The molecule has 1 aromatic rings. The topological polar surface area (TPSA) is 36.4 Å². The van der Waals surface area contributed by atoms with Crippen molar-refractivity contribution >= 4 is 5.91 Å². The number of aromatic nitrogens is 1. The van der Waals surface area contributed by atoms with E-state index in [1.165, 1.54) is 12.0 Å². The Morgan fingerprint density at radius 3 is 2.90 bits per heavy atom. The predicted octanol–water partition coefficient (Wildman–Crippen LogP) is 2.45. The summed E-state index contributed by atoms with van der Waals surface area (Å²) in [5, 5.41) is 0. The Morgan fingerprint density at radius 1 is 1.43 bits per heavy atom. The lowest BCUT2D eigenvalue weighted by molar-refractivity contribution is -0.133. The van der Waals surface area contributed by atoms with Crippen LogP contribution in [0.1, 0.15) is 44.6 Å². The molecule has 21 heavy (non-hydrogen) atoms. The molecule has 1 amide bonds. The molecule has 0 saturated carbocycles. The van der Waals surface area contributed by atoms with E-state index in [0.717, 1.165) is 32.4 Å². The highest BCUT2D eigenvalue weighted by Gasteiger charge is 2.51. The zero-order valence-corrected chi connectivity index (χ0v) is 13.1. The predicted molar refractivity (Wildman–Crippen MR) is 82.7 cm³/mol. The fourth-order valence-electron chi connectivity index (χ4n) is 4.39. The average molecular weight is 287 g/mol. The first-order valence-corrected chi connectivity index (χ1v) is 8.07. The molecule has 4 heteroatoms. The summed E-state index contributed by atoms with van der Waals surface area (Å²) >= 11 is 0. The van der Waals surface area contributed by atoms with E-state index in [2.05, 4.69) is 27.8 Å². The zero-order chi connectivity index (χ0) is 14.9. The van der Waals surface area contributed by atoms with Crippen molar-refractivity contribution in [2.45, 2.75) is 57.2 Å². The lowest BCUT2D eigenvalue weighted by atomic mass is 9.77. The maximum Gasteiger partial charge on any atom is 0.222 e. The van der Waals surface area contributed by atoms with Gasteiger partial charge >= 0.3 is 0 Å². The summed E-state index contributed by atoms with van der Waals surface area (Å²) in [4.78, 5) is 20.9. The smallest absolute Gasteiger partial charge is 0.222 e. The summed E-state index contributed by atoms with van der Waals surface area (Å²) in [5.74, 6) is 0.316. The van der Waals surface area contributed by atoms with Crippen LogP contribution in [0.3, 0.4) is 0 Å². The number of hydrogen-bond donors (Lipinski definition) is 0. The Kier molecular flexibility index (Phi) is 3.98. The molecule has 0 aliphatic carbocycles. The summed E-state index contributed by atoms with van der Waals surface area (Å²) in [6.45, 7) is 4.32. The summed E-state index contributed by atoms with van der Waals surface area (Å²) in [6.07, 6.45) is 8.93. The first-order valence-electron chi connectivity index (χ1n) is 8.07. The van der Waals surface area contributed by atoms with Crippen LogP contribution in [0.2, 0.25) is 0 Å². The van der Waals surface area contributed by atoms with Gasteiger partial charge in [0.05, 0.1) is 5.54 Å².